The van der Waals surface area contributed by atoms with Gasteiger partial charge in [0.2, 0.25) is 0 Å². The molecule has 2 aromatic rings. The van der Waals surface area contributed by atoms with Crippen LogP contribution >= 0.6 is 0 Å². The smallest absolute Gasteiger partial charge is 0.139 e. The van der Waals surface area contributed by atoms with Gasteiger partial charge in [0.05, 0.1) is 12.4 Å². The SMILES string of the molecule is CC(C)Cn1ncnc1CS(=O)Cc1ccc(CO)cc1. The van der Waals surface area contributed by atoms with E-state index < -0.39 is 10.8 Å². The van der Waals surface area contributed by atoms with E-state index in [0.29, 0.717) is 17.4 Å². The van der Waals surface area contributed by atoms with Crippen molar-refractivity contribution < 1.29 is 9.32 Å². The molecule has 21 heavy (non-hydrogen) atoms. The molecule has 0 aliphatic heterocycles. The van der Waals surface area contributed by atoms with Crippen molar-refractivity contribution in [3.63, 3.8) is 0 Å². The van der Waals surface area contributed by atoms with Crippen molar-refractivity contribution in [3.05, 3.63) is 47.5 Å². The summed E-state index contributed by atoms with van der Waals surface area (Å²) in [6, 6.07) is 7.52. The van der Waals surface area contributed by atoms with Gasteiger partial charge in [-0.05, 0) is 17.0 Å². The van der Waals surface area contributed by atoms with Gasteiger partial charge in [-0.25, -0.2) is 9.67 Å². The lowest BCUT2D eigenvalue weighted by molar-refractivity contribution is 0.282. The number of rotatable bonds is 7. The van der Waals surface area contributed by atoms with Crippen LogP contribution in [0.3, 0.4) is 0 Å². The third kappa shape index (κ3) is 4.75. The molecule has 0 aliphatic rings. The van der Waals surface area contributed by atoms with Crippen molar-refractivity contribution in [1.82, 2.24) is 14.8 Å². The molecule has 0 fully saturated rings. The van der Waals surface area contributed by atoms with Gasteiger partial charge in [0.1, 0.15) is 12.2 Å². The fourth-order valence-corrected chi connectivity index (χ4v) is 3.20. The van der Waals surface area contributed by atoms with Crippen molar-refractivity contribution in [3.8, 4) is 0 Å². The normalized spacial score (nSPS) is 12.8. The average Bonchev–Trinajstić information content (AvgIpc) is 2.86. The van der Waals surface area contributed by atoms with E-state index >= 15 is 0 Å². The standard InChI is InChI=1S/C15H21N3O2S/c1-12(2)7-18-15(16-11-17-18)10-21(20)9-14-5-3-13(8-19)4-6-14/h3-6,11-12,19H,7-10H2,1-2H3. The zero-order chi connectivity index (χ0) is 15.2. The summed E-state index contributed by atoms with van der Waals surface area (Å²) in [7, 11) is -1.02. The molecule has 1 atom stereocenters. The number of aromatic nitrogens is 3. The molecular weight excluding hydrogens is 286 g/mol. The topological polar surface area (TPSA) is 68.0 Å². The number of nitrogens with zero attached hydrogens (tertiary/aromatic N) is 3. The molecule has 0 spiro atoms. The van der Waals surface area contributed by atoms with Crippen LogP contribution in [0.25, 0.3) is 0 Å². The van der Waals surface area contributed by atoms with Gasteiger partial charge in [0.25, 0.3) is 0 Å². The second-order valence-corrected chi connectivity index (χ2v) is 6.91. The molecule has 0 bridgehead atoms. The lowest BCUT2D eigenvalue weighted by atomic mass is 10.2. The largest absolute Gasteiger partial charge is 0.392 e. The molecule has 1 aromatic heterocycles. The van der Waals surface area contributed by atoms with Crippen molar-refractivity contribution in [1.29, 1.82) is 0 Å². The fraction of sp³-hybridized carbons (Fsp3) is 0.467. The number of hydrogen-bond donors (Lipinski definition) is 1. The third-order valence-corrected chi connectivity index (χ3v) is 4.29. The first-order chi connectivity index (χ1) is 10.1. The molecule has 2 rings (SSSR count). The first-order valence-electron chi connectivity index (χ1n) is 6.99. The molecule has 114 valence electrons. The molecule has 0 radical (unpaired) electrons. The van der Waals surface area contributed by atoms with E-state index in [-0.39, 0.29) is 6.61 Å². The van der Waals surface area contributed by atoms with Crippen LogP contribution in [0.1, 0.15) is 30.8 Å². The summed E-state index contributed by atoms with van der Waals surface area (Å²) in [4.78, 5) is 4.20. The van der Waals surface area contributed by atoms with Crippen LogP contribution in [-0.2, 0) is 35.5 Å². The van der Waals surface area contributed by atoms with E-state index in [2.05, 4.69) is 23.9 Å². The van der Waals surface area contributed by atoms with E-state index in [1.165, 1.54) is 6.33 Å². The molecule has 6 heteroatoms. The first-order valence-corrected chi connectivity index (χ1v) is 8.47. The minimum atomic E-state index is -1.02. The van der Waals surface area contributed by atoms with Gasteiger partial charge in [-0.15, -0.1) is 0 Å². The Morgan fingerprint density at radius 2 is 1.86 bits per heavy atom. The Morgan fingerprint density at radius 1 is 1.19 bits per heavy atom. The Kier molecular flexibility index (Phi) is 5.64. The van der Waals surface area contributed by atoms with Gasteiger partial charge in [0, 0.05) is 23.1 Å². The van der Waals surface area contributed by atoms with Crippen molar-refractivity contribution in [2.45, 2.75) is 38.5 Å². The average molecular weight is 307 g/mol. The van der Waals surface area contributed by atoms with Crippen molar-refractivity contribution >= 4 is 10.8 Å². The second-order valence-electron chi connectivity index (χ2n) is 5.46. The molecule has 1 aromatic carbocycles. The number of benzene rings is 1. The second kappa shape index (κ2) is 7.47. The summed E-state index contributed by atoms with van der Waals surface area (Å²) in [6.07, 6.45) is 1.52. The van der Waals surface area contributed by atoms with Gasteiger partial charge in [0.15, 0.2) is 0 Å². The lowest BCUT2D eigenvalue weighted by Crippen LogP contribution is -2.12. The number of hydrogen-bond acceptors (Lipinski definition) is 4. The first kappa shape index (κ1) is 15.9. The maximum absolute atomic E-state index is 12.3. The van der Waals surface area contributed by atoms with E-state index in [1.807, 2.05) is 28.9 Å². The fourth-order valence-electron chi connectivity index (χ4n) is 2.02. The quantitative estimate of drug-likeness (QED) is 0.848. The van der Waals surface area contributed by atoms with Crippen LogP contribution in [0.2, 0.25) is 0 Å². The van der Waals surface area contributed by atoms with Crippen LogP contribution in [0.4, 0.5) is 0 Å². The predicted molar refractivity (Wildman–Crippen MR) is 82.8 cm³/mol. The van der Waals surface area contributed by atoms with Crippen LogP contribution < -0.4 is 0 Å². The highest BCUT2D eigenvalue weighted by molar-refractivity contribution is 7.83. The van der Waals surface area contributed by atoms with Crippen molar-refractivity contribution in [2.24, 2.45) is 5.92 Å². The number of aliphatic hydroxyl groups excluding tert-OH is 1. The Labute approximate surface area is 127 Å². The summed E-state index contributed by atoms with van der Waals surface area (Å²) >= 11 is 0. The van der Waals surface area contributed by atoms with Crippen LogP contribution in [-0.4, -0.2) is 24.1 Å². The Bertz CT molecular complexity index is 593. The summed E-state index contributed by atoms with van der Waals surface area (Å²) in [5.74, 6) is 2.15. The minimum Gasteiger partial charge on any atom is -0.392 e. The Balaban J connectivity index is 1.96. The van der Waals surface area contributed by atoms with Gasteiger partial charge >= 0.3 is 0 Å². The molecule has 1 N–H and O–H groups in total. The molecule has 0 aliphatic carbocycles. The van der Waals surface area contributed by atoms with E-state index in [0.717, 1.165) is 23.5 Å². The summed E-state index contributed by atoms with van der Waals surface area (Å²) in [6.45, 7) is 5.05. The maximum Gasteiger partial charge on any atom is 0.139 e. The summed E-state index contributed by atoms with van der Waals surface area (Å²) in [5.41, 5.74) is 1.86. The van der Waals surface area contributed by atoms with E-state index in [9.17, 15) is 4.21 Å². The van der Waals surface area contributed by atoms with Gasteiger partial charge in [-0.2, -0.15) is 5.10 Å². The molecule has 0 saturated heterocycles. The highest BCUT2D eigenvalue weighted by atomic mass is 32.2. The highest BCUT2D eigenvalue weighted by Crippen LogP contribution is 2.10. The van der Waals surface area contributed by atoms with Gasteiger partial charge in [-0.1, -0.05) is 38.1 Å². The lowest BCUT2D eigenvalue weighted by Gasteiger charge is -2.08. The highest BCUT2D eigenvalue weighted by Gasteiger charge is 2.10. The summed E-state index contributed by atoms with van der Waals surface area (Å²) in [5, 5.41) is 13.2. The van der Waals surface area contributed by atoms with E-state index in [4.69, 9.17) is 5.11 Å². The zero-order valence-corrected chi connectivity index (χ0v) is 13.2. The predicted octanol–water partition coefficient (Wildman–Crippen LogP) is 1.88. The molecule has 1 unspecified atom stereocenters. The van der Waals surface area contributed by atoms with Crippen LogP contribution in [0.15, 0.2) is 30.6 Å². The van der Waals surface area contributed by atoms with Crippen molar-refractivity contribution in [2.75, 3.05) is 0 Å². The van der Waals surface area contributed by atoms with Crippen LogP contribution in [0, 0.1) is 5.92 Å². The molecule has 1 heterocycles. The molecule has 0 saturated carbocycles. The monoisotopic (exact) mass is 307 g/mol. The molecule has 0 amide bonds. The number of aliphatic hydroxyl groups is 1. The Hall–Kier alpha value is -1.53. The molecule has 5 nitrogen and oxygen atoms in total. The van der Waals surface area contributed by atoms with E-state index in [1.54, 1.807) is 0 Å². The minimum absolute atomic E-state index is 0.0294. The zero-order valence-electron chi connectivity index (χ0n) is 12.4. The Morgan fingerprint density at radius 3 is 2.48 bits per heavy atom. The van der Waals surface area contributed by atoms with Gasteiger partial charge < -0.3 is 5.11 Å². The molecular formula is C15H21N3O2S. The van der Waals surface area contributed by atoms with Gasteiger partial charge in [-0.3, -0.25) is 4.21 Å². The summed E-state index contributed by atoms with van der Waals surface area (Å²) < 4.78 is 14.1. The third-order valence-electron chi connectivity index (χ3n) is 3.06. The van der Waals surface area contributed by atoms with Crippen LogP contribution in [0.5, 0.6) is 0 Å². The maximum atomic E-state index is 12.3.